The van der Waals surface area contributed by atoms with Crippen LogP contribution in [0.1, 0.15) is 23.6 Å². The van der Waals surface area contributed by atoms with E-state index in [9.17, 15) is 5.11 Å². The largest absolute Gasteiger partial charge is 0.468 e. The SMILES string of the molecule is C[C@H](NCC(O)COCc1cccs1)c1ccco1. The maximum absolute atomic E-state index is 9.81. The Kier molecular flexibility index (Phi) is 5.60. The molecule has 0 aliphatic carbocycles. The molecule has 2 heterocycles. The summed E-state index contributed by atoms with van der Waals surface area (Å²) in [6, 6.07) is 7.87. The van der Waals surface area contributed by atoms with E-state index in [2.05, 4.69) is 5.32 Å². The van der Waals surface area contributed by atoms with Crippen LogP contribution in [-0.2, 0) is 11.3 Å². The van der Waals surface area contributed by atoms with Gasteiger partial charge in [-0.2, -0.15) is 0 Å². The van der Waals surface area contributed by atoms with E-state index in [0.717, 1.165) is 5.76 Å². The second kappa shape index (κ2) is 7.45. The summed E-state index contributed by atoms with van der Waals surface area (Å²) in [5.74, 6) is 0.867. The van der Waals surface area contributed by atoms with Crippen LogP contribution in [0, 0.1) is 0 Å². The normalized spacial score (nSPS) is 14.4. The fraction of sp³-hybridized carbons (Fsp3) is 0.429. The lowest BCUT2D eigenvalue weighted by atomic mass is 10.2. The average Bonchev–Trinajstić information content (AvgIpc) is 3.08. The molecule has 2 aromatic heterocycles. The van der Waals surface area contributed by atoms with E-state index in [1.165, 1.54) is 4.88 Å². The molecule has 0 fully saturated rings. The van der Waals surface area contributed by atoms with Crippen molar-refractivity contribution in [3.8, 4) is 0 Å². The van der Waals surface area contributed by atoms with Crippen LogP contribution in [-0.4, -0.2) is 24.4 Å². The van der Waals surface area contributed by atoms with Crippen molar-refractivity contribution in [3.63, 3.8) is 0 Å². The molecule has 2 atom stereocenters. The third-order valence-corrected chi connectivity index (χ3v) is 3.61. The summed E-state index contributed by atoms with van der Waals surface area (Å²) in [6.45, 7) is 3.36. The fourth-order valence-corrected chi connectivity index (χ4v) is 2.34. The quantitative estimate of drug-likeness (QED) is 0.781. The molecule has 2 aromatic rings. The van der Waals surface area contributed by atoms with Crippen LogP contribution in [0.3, 0.4) is 0 Å². The van der Waals surface area contributed by atoms with Gasteiger partial charge in [0.2, 0.25) is 0 Å². The van der Waals surface area contributed by atoms with Gasteiger partial charge in [0.15, 0.2) is 0 Å². The molecule has 1 unspecified atom stereocenters. The number of rotatable bonds is 8. The number of hydrogen-bond acceptors (Lipinski definition) is 5. The molecule has 0 spiro atoms. The number of nitrogens with one attached hydrogen (secondary N) is 1. The minimum absolute atomic E-state index is 0.0851. The predicted molar refractivity (Wildman–Crippen MR) is 75.1 cm³/mol. The highest BCUT2D eigenvalue weighted by molar-refractivity contribution is 7.09. The number of aliphatic hydroxyl groups excluding tert-OH is 1. The van der Waals surface area contributed by atoms with Gasteiger partial charge in [0.05, 0.1) is 31.6 Å². The number of aliphatic hydroxyl groups is 1. The van der Waals surface area contributed by atoms with Gasteiger partial charge in [-0.15, -0.1) is 11.3 Å². The van der Waals surface area contributed by atoms with Crippen LogP contribution in [0.4, 0.5) is 0 Å². The Morgan fingerprint density at radius 3 is 3.00 bits per heavy atom. The molecule has 0 aliphatic rings. The zero-order valence-corrected chi connectivity index (χ0v) is 11.7. The maximum Gasteiger partial charge on any atom is 0.120 e. The summed E-state index contributed by atoms with van der Waals surface area (Å²) in [5.41, 5.74) is 0. The van der Waals surface area contributed by atoms with E-state index in [0.29, 0.717) is 19.8 Å². The lowest BCUT2D eigenvalue weighted by molar-refractivity contribution is 0.0285. The minimum atomic E-state index is -0.516. The standard InChI is InChI=1S/C14H19NO3S/c1-11(14-5-2-6-18-14)15-8-12(16)9-17-10-13-4-3-7-19-13/h2-7,11-12,15-16H,8-10H2,1H3/t11-,12?/m0/s1. The monoisotopic (exact) mass is 281 g/mol. The molecule has 5 heteroatoms. The third-order valence-electron chi connectivity index (χ3n) is 2.76. The van der Waals surface area contributed by atoms with Crippen LogP contribution < -0.4 is 5.32 Å². The van der Waals surface area contributed by atoms with E-state index in [1.807, 2.05) is 36.6 Å². The van der Waals surface area contributed by atoms with Gasteiger partial charge >= 0.3 is 0 Å². The first kappa shape index (κ1) is 14.3. The van der Waals surface area contributed by atoms with Crippen molar-refractivity contribution in [2.24, 2.45) is 0 Å². The number of thiophene rings is 1. The molecule has 0 saturated heterocycles. The van der Waals surface area contributed by atoms with Gasteiger partial charge in [-0.25, -0.2) is 0 Å². The minimum Gasteiger partial charge on any atom is -0.468 e. The Bertz CT molecular complexity index is 441. The van der Waals surface area contributed by atoms with Crippen LogP contribution in [0.2, 0.25) is 0 Å². The first-order chi connectivity index (χ1) is 9.25. The predicted octanol–water partition coefficient (Wildman–Crippen LogP) is 2.57. The Labute approximate surface area is 117 Å². The molecule has 2 rings (SSSR count). The Hall–Kier alpha value is -1.14. The number of hydrogen-bond donors (Lipinski definition) is 2. The van der Waals surface area contributed by atoms with Crippen LogP contribution in [0.25, 0.3) is 0 Å². The number of ether oxygens (including phenoxy) is 1. The van der Waals surface area contributed by atoms with Gasteiger partial charge in [-0.05, 0) is 30.5 Å². The Balaban J connectivity index is 1.60. The smallest absolute Gasteiger partial charge is 0.120 e. The second-order valence-electron chi connectivity index (χ2n) is 4.39. The molecule has 19 heavy (non-hydrogen) atoms. The summed E-state index contributed by atoms with van der Waals surface area (Å²) in [7, 11) is 0. The van der Waals surface area contributed by atoms with E-state index in [1.54, 1.807) is 17.6 Å². The summed E-state index contributed by atoms with van der Waals surface area (Å²) in [5, 5.41) is 15.0. The van der Waals surface area contributed by atoms with Gasteiger partial charge in [0, 0.05) is 11.4 Å². The lowest BCUT2D eigenvalue weighted by Crippen LogP contribution is -2.31. The van der Waals surface area contributed by atoms with E-state index in [4.69, 9.17) is 9.15 Å². The first-order valence-electron chi connectivity index (χ1n) is 6.30. The summed E-state index contributed by atoms with van der Waals surface area (Å²) in [4.78, 5) is 1.17. The van der Waals surface area contributed by atoms with Gasteiger partial charge < -0.3 is 19.6 Å². The van der Waals surface area contributed by atoms with E-state index >= 15 is 0 Å². The molecule has 0 amide bonds. The van der Waals surface area contributed by atoms with Gasteiger partial charge in [0.25, 0.3) is 0 Å². The van der Waals surface area contributed by atoms with Crippen LogP contribution in [0.5, 0.6) is 0 Å². The van der Waals surface area contributed by atoms with Crippen LogP contribution in [0.15, 0.2) is 40.3 Å². The molecule has 0 radical (unpaired) electrons. The van der Waals surface area contributed by atoms with Gasteiger partial charge in [-0.3, -0.25) is 0 Å². The molecule has 104 valence electrons. The highest BCUT2D eigenvalue weighted by atomic mass is 32.1. The Morgan fingerprint density at radius 1 is 1.42 bits per heavy atom. The highest BCUT2D eigenvalue weighted by Crippen LogP contribution is 2.12. The molecular formula is C14H19NO3S. The molecule has 2 N–H and O–H groups in total. The van der Waals surface area contributed by atoms with Crippen molar-refractivity contribution in [3.05, 3.63) is 46.5 Å². The fourth-order valence-electron chi connectivity index (χ4n) is 1.70. The summed E-state index contributed by atoms with van der Waals surface area (Å²) >= 11 is 1.66. The Morgan fingerprint density at radius 2 is 2.32 bits per heavy atom. The van der Waals surface area contributed by atoms with Crippen molar-refractivity contribution in [2.75, 3.05) is 13.2 Å². The van der Waals surface area contributed by atoms with Crippen molar-refractivity contribution in [1.29, 1.82) is 0 Å². The molecule has 0 saturated carbocycles. The first-order valence-corrected chi connectivity index (χ1v) is 7.18. The van der Waals surface area contributed by atoms with E-state index in [-0.39, 0.29) is 6.04 Å². The van der Waals surface area contributed by atoms with Crippen molar-refractivity contribution in [2.45, 2.75) is 25.7 Å². The summed E-state index contributed by atoms with van der Waals surface area (Å²) < 4.78 is 10.7. The number of furan rings is 1. The van der Waals surface area contributed by atoms with Crippen LogP contribution >= 0.6 is 11.3 Å². The zero-order chi connectivity index (χ0) is 13.5. The second-order valence-corrected chi connectivity index (χ2v) is 5.43. The van der Waals surface area contributed by atoms with Crippen molar-refractivity contribution in [1.82, 2.24) is 5.32 Å². The average molecular weight is 281 g/mol. The highest BCUT2D eigenvalue weighted by Gasteiger charge is 2.10. The topological polar surface area (TPSA) is 54.6 Å². The molecule has 4 nitrogen and oxygen atoms in total. The maximum atomic E-state index is 9.81. The summed E-state index contributed by atoms with van der Waals surface area (Å²) in [6.07, 6.45) is 1.13. The van der Waals surface area contributed by atoms with Crippen molar-refractivity contribution < 1.29 is 14.3 Å². The zero-order valence-electron chi connectivity index (χ0n) is 10.9. The molecule has 0 bridgehead atoms. The third kappa shape index (κ3) is 4.80. The lowest BCUT2D eigenvalue weighted by Gasteiger charge is -2.15. The van der Waals surface area contributed by atoms with Gasteiger partial charge in [-0.1, -0.05) is 6.07 Å². The van der Waals surface area contributed by atoms with E-state index < -0.39 is 6.10 Å². The van der Waals surface area contributed by atoms with Crippen molar-refractivity contribution >= 4 is 11.3 Å². The molecule has 0 aromatic carbocycles. The molecule has 0 aliphatic heterocycles. The molecular weight excluding hydrogens is 262 g/mol. The van der Waals surface area contributed by atoms with Gasteiger partial charge in [0.1, 0.15) is 5.76 Å².